The Balaban J connectivity index is 2.46. The number of nitrogens with one attached hydrogen (secondary N) is 1. The van der Waals surface area contributed by atoms with Gasteiger partial charge in [-0.25, -0.2) is 4.79 Å². The van der Waals surface area contributed by atoms with Gasteiger partial charge in [-0.1, -0.05) is 30.3 Å². The molecule has 1 aliphatic rings. The number of carboxylic acid groups (broad SMARTS) is 1. The number of benzene rings is 1. The average molecular weight is 243 g/mol. The number of ketones is 1. The number of hydrogen-bond donors (Lipinski definition) is 2. The minimum Gasteiger partial charge on any atom is -0.478 e. The van der Waals surface area contributed by atoms with Gasteiger partial charge in [-0.3, -0.25) is 4.79 Å². The third kappa shape index (κ3) is 2.66. The molecule has 2 N–H and O–H groups in total. The molecule has 0 saturated heterocycles. The number of carbonyl (C=O) groups is 2. The van der Waals surface area contributed by atoms with Gasteiger partial charge in [0.15, 0.2) is 5.78 Å². The van der Waals surface area contributed by atoms with Crippen molar-refractivity contribution in [3.05, 3.63) is 53.6 Å². The molecule has 2 rings (SSSR count). The number of carbonyl (C=O) groups excluding carboxylic acids is 1. The Morgan fingerprint density at radius 2 is 2.00 bits per heavy atom. The van der Waals surface area contributed by atoms with Crippen molar-refractivity contribution in [1.82, 2.24) is 5.32 Å². The Morgan fingerprint density at radius 1 is 1.28 bits per heavy atom. The first-order valence-corrected chi connectivity index (χ1v) is 5.66. The molecule has 0 saturated carbocycles. The first-order chi connectivity index (χ1) is 8.68. The van der Waals surface area contributed by atoms with E-state index >= 15 is 0 Å². The molecule has 1 aromatic rings. The molecule has 0 amide bonds. The molecular weight excluding hydrogens is 230 g/mol. The van der Waals surface area contributed by atoms with Crippen molar-refractivity contribution >= 4 is 17.4 Å². The lowest BCUT2D eigenvalue weighted by molar-refractivity contribution is -0.131. The normalized spacial score (nSPS) is 15.9. The zero-order chi connectivity index (χ0) is 13.0. The van der Waals surface area contributed by atoms with Crippen molar-refractivity contribution in [2.24, 2.45) is 0 Å². The summed E-state index contributed by atoms with van der Waals surface area (Å²) >= 11 is 0. The Hall–Kier alpha value is -2.36. The van der Waals surface area contributed by atoms with E-state index in [2.05, 4.69) is 5.32 Å². The molecule has 0 spiro atoms. The van der Waals surface area contributed by atoms with Crippen molar-refractivity contribution in [2.45, 2.75) is 6.42 Å². The molecular formula is C14H13NO3. The van der Waals surface area contributed by atoms with Gasteiger partial charge < -0.3 is 10.4 Å². The maximum atomic E-state index is 11.8. The van der Waals surface area contributed by atoms with Gasteiger partial charge in [0.25, 0.3) is 0 Å². The number of carboxylic acids is 1. The Kier molecular flexibility index (Phi) is 3.57. The summed E-state index contributed by atoms with van der Waals surface area (Å²) < 4.78 is 0. The van der Waals surface area contributed by atoms with Crippen LogP contribution < -0.4 is 5.32 Å². The second-order valence-corrected chi connectivity index (χ2v) is 3.93. The second kappa shape index (κ2) is 5.31. The van der Waals surface area contributed by atoms with Crippen LogP contribution in [0, 0.1) is 0 Å². The number of hydrogen-bond acceptors (Lipinski definition) is 3. The van der Waals surface area contributed by atoms with E-state index in [1.807, 2.05) is 30.3 Å². The molecule has 4 heteroatoms. The lowest BCUT2D eigenvalue weighted by Gasteiger charge is -2.19. The van der Waals surface area contributed by atoms with Gasteiger partial charge in [0.2, 0.25) is 0 Å². The molecule has 0 unspecified atom stereocenters. The van der Waals surface area contributed by atoms with E-state index in [1.54, 1.807) is 0 Å². The predicted octanol–water partition coefficient (Wildman–Crippen LogP) is 1.60. The molecule has 1 heterocycles. The highest BCUT2D eigenvalue weighted by molar-refractivity contribution is 6.07. The smallest absolute Gasteiger partial charge is 0.328 e. The molecule has 0 atom stereocenters. The van der Waals surface area contributed by atoms with Crippen LogP contribution in [-0.4, -0.2) is 23.4 Å². The number of rotatable bonds is 3. The van der Waals surface area contributed by atoms with Crippen LogP contribution >= 0.6 is 0 Å². The van der Waals surface area contributed by atoms with E-state index in [-0.39, 0.29) is 5.78 Å². The number of aliphatic carboxylic acids is 1. The fourth-order valence-corrected chi connectivity index (χ4v) is 1.86. The van der Waals surface area contributed by atoms with Crippen LogP contribution in [0.5, 0.6) is 0 Å². The van der Waals surface area contributed by atoms with Crippen LogP contribution in [0.4, 0.5) is 0 Å². The fourth-order valence-electron chi connectivity index (χ4n) is 1.86. The van der Waals surface area contributed by atoms with Crippen molar-refractivity contribution in [3.8, 4) is 0 Å². The molecule has 0 bridgehead atoms. The summed E-state index contributed by atoms with van der Waals surface area (Å²) in [6.45, 7) is 0.577. The molecule has 1 aromatic carbocycles. The second-order valence-electron chi connectivity index (χ2n) is 3.93. The minimum atomic E-state index is -1.06. The van der Waals surface area contributed by atoms with E-state index in [0.29, 0.717) is 24.2 Å². The van der Waals surface area contributed by atoms with E-state index in [9.17, 15) is 9.59 Å². The Labute approximate surface area is 105 Å². The molecule has 0 fully saturated rings. The van der Waals surface area contributed by atoms with Gasteiger partial charge in [-0.2, -0.15) is 0 Å². The quantitative estimate of drug-likeness (QED) is 0.791. The summed E-state index contributed by atoms with van der Waals surface area (Å²) in [5.74, 6) is -1.10. The molecule has 0 aromatic heterocycles. The molecule has 1 aliphatic heterocycles. The minimum absolute atomic E-state index is 0.0369. The lowest BCUT2D eigenvalue weighted by Crippen LogP contribution is -2.26. The van der Waals surface area contributed by atoms with Gasteiger partial charge in [0.05, 0.1) is 5.70 Å². The predicted molar refractivity (Wildman–Crippen MR) is 67.8 cm³/mol. The standard InChI is InChI=1S/C14H13NO3/c16-12-8-9-15-14(10-4-2-1-3-5-10)11(12)6-7-13(17)18/h1-7,15H,8-9H2,(H,17,18). The van der Waals surface area contributed by atoms with Gasteiger partial charge in [0, 0.05) is 24.6 Å². The highest BCUT2D eigenvalue weighted by atomic mass is 16.4. The number of Topliss-reactive ketones (excluding diaryl/α,β-unsaturated/α-hetero) is 1. The topological polar surface area (TPSA) is 66.4 Å². The fraction of sp³-hybridized carbons (Fsp3) is 0.143. The molecule has 92 valence electrons. The largest absolute Gasteiger partial charge is 0.478 e. The van der Waals surface area contributed by atoms with E-state index < -0.39 is 5.97 Å². The van der Waals surface area contributed by atoms with Crippen LogP contribution in [0.1, 0.15) is 12.0 Å². The SMILES string of the molecule is O=C(O)C=CC1=C(c2ccccc2)NCCC1=O. The first kappa shape index (κ1) is 12.1. The van der Waals surface area contributed by atoms with Crippen LogP contribution in [0.3, 0.4) is 0 Å². The van der Waals surface area contributed by atoms with Crippen molar-refractivity contribution in [2.75, 3.05) is 6.54 Å². The summed E-state index contributed by atoms with van der Waals surface area (Å²) in [7, 11) is 0. The number of allylic oxidation sites excluding steroid dienone is 2. The van der Waals surface area contributed by atoms with Crippen molar-refractivity contribution in [3.63, 3.8) is 0 Å². The van der Waals surface area contributed by atoms with Crippen LogP contribution in [0.15, 0.2) is 48.1 Å². The molecule has 0 radical (unpaired) electrons. The third-order valence-electron chi connectivity index (χ3n) is 2.68. The van der Waals surface area contributed by atoms with E-state index in [4.69, 9.17) is 5.11 Å². The molecule has 0 aliphatic carbocycles. The van der Waals surface area contributed by atoms with Crippen LogP contribution in [0.25, 0.3) is 5.70 Å². The summed E-state index contributed by atoms with van der Waals surface area (Å²) in [6.07, 6.45) is 2.73. The van der Waals surface area contributed by atoms with E-state index in [1.165, 1.54) is 6.08 Å². The van der Waals surface area contributed by atoms with Gasteiger partial charge in [0.1, 0.15) is 0 Å². The molecule has 18 heavy (non-hydrogen) atoms. The summed E-state index contributed by atoms with van der Waals surface area (Å²) in [5.41, 5.74) is 2.01. The van der Waals surface area contributed by atoms with Gasteiger partial charge in [-0.05, 0) is 11.6 Å². The summed E-state index contributed by atoms with van der Waals surface area (Å²) in [6, 6.07) is 9.41. The Bertz CT molecular complexity index is 529. The van der Waals surface area contributed by atoms with E-state index in [0.717, 1.165) is 11.6 Å². The maximum absolute atomic E-state index is 11.8. The Morgan fingerprint density at radius 3 is 2.67 bits per heavy atom. The summed E-state index contributed by atoms with van der Waals surface area (Å²) in [5, 5.41) is 11.8. The average Bonchev–Trinajstić information content (AvgIpc) is 2.38. The monoisotopic (exact) mass is 243 g/mol. The van der Waals surface area contributed by atoms with Gasteiger partial charge >= 0.3 is 5.97 Å². The van der Waals surface area contributed by atoms with Crippen molar-refractivity contribution in [1.29, 1.82) is 0 Å². The lowest BCUT2D eigenvalue weighted by atomic mass is 9.97. The van der Waals surface area contributed by atoms with Gasteiger partial charge in [-0.15, -0.1) is 0 Å². The highest BCUT2D eigenvalue weighted by Crippen LogP contribution is 2.21. The van der Waals surface area contributed by atoms with Crippen LogP contribution in [0.2, 0.25) is 0 Å². The summed E-state index contributed by atoms with van der Waals surface area (Å²) in [4.78, 5) is 22.4. The first-order valence-electron chi connectivity index (χ1n) is 5.66. The van der Waals surface area contributed by atoms with Crippen molar-refractivity contribution < 1.29 is 14.7 Å². The zero-order valence-electron chi connectivity index (χ0n) is 9.72. The zero-order valence-corrected chi connectivity index (χ0v) is 9.72. The highest BCUT2D eigenvalue weighted by Gasteiger charge is 2.19. The maximum Gasteiger partial charge on any atom is 0.328 e. The molecule has 4 nitrogen and oxygen atoms in total. The van der Waals surface area contributed by atoms with Crippen LogP contribution in [-0.2, 0) is 9.59 Å². The third-order valence-corrected chi connectivity index (χ3v) is 2.68.